The van der Waals surface area contributed by atoms with Crippen molar-refractivity contribution in [2.24, 2.45) is 5.92 Å². The molecule has 1 aromatic rings. The van der Waals surface area contributed by atoms with Crippen molar-refractivity contribution in [2.45, 2.75) is 5.79 Å². The second-order valence-corrected chi connectivity index (χ2v) is 4.67. The number of methoxy groups -OCH3 is 2. The number of benzene rings is 1. The molecule has 1 aliphatic carbocycles. The number of phenolic OH excluding ortho intramolecular Hbond substituents is 1. The van der Waals surface area contributed by atoms with Crippen LogP contribution in [0.4, 0.5) is 0 Å². The smallest absolute Gasteiger partial charge is 0.207 e. The number of para-hydroxylation sites is 1. The van der Waals surface area contributed by atoms with Gasteiger partial charge in [-0.25, -0.2) is 0 Å². The van der Waals surface area contributed by atoms with Crippen LogP contribution in [-0.4, -0.2) is 30.9 Å². The predicted molar refractivity (Wildman–Crippen MR) is 80.1 cm³/mol. The van der Waals surface area contributed by atoms with Crippen LogP contribution in [0.2, 0.25) is 0 Å². The summed E-state index contributed by atoms with van der Waals surface area (Å²) in [6, 6.07) is 6.48. The summed E-state index contributed by atoms with van der Waals surface area (Å²) in [6.45, 7) is 0. The maximum Gasteiger partial charge on any atom is 0.207 e. The molecule has 2 rings (SSSR count). The van der Waals surface area contributed by atoms with Crippen LogP contribution in [0, 0.1) is 5.92 Å². The Bertz CT molecular complexity index is 579. The molecule has 0 saturated carbocycles. The predicted octanol–water partition coefficient (Wildman–Crippen LogP) is 2.86. The van der Waals surface area contributed by atoms with Crippen LogP contribution >= 0.6 is 0 Å². The van der Waals surface area contributed by atoms with Gasteiger partial charge >= 0.3 is 0 Å². The number of rotatable bonds is 5. The summed E-state index contributed by atoms with van der Waals surface area (Å²) in [7, 11) is 3.13. The molecule has 0 radical (unpaired) electrons. The molecule has 0 fully saturated rings. The van der Waals surface area contributed by atoms with Crippen LogP contribution in [0.5, 0.6) is 5.75 Å². The molecule has 0 amide bonds. The molecule has 1 N–H and O–H groups in total. The fraction of sp³-hybridized carbons (Fsp3) is 0.235. The van der Waals surface area contributed by atoms with E-state index in [9.17, 15) is 9.90 Å². The topological polar surface area (TPSA) is 55.8 Å². The Hall–Kier alpha value is -2.17. The first-order chi connectivity index (χ1) is 10.1. The van der Waals surface area contributed by atoms with E-state index in [1.807, 2.05) is 12.2 Å². The van der Waals surface area contributed by atoms with Crippen LogP contribution < -0.4 is 0 Å². The van der Waals surface area contributed by atoms with Crippen molar-refractivity contribution < 1.29 is 19.4 Å². The van der Waals surface area contributed by atoms with Gasteiger partial charge in [-0.1, -0.05) is 30.4 Å². The van der Waals surface area contributed by atoms with Crippen LogP contribution in [0.15, 0.2) is 60.7 Å². The molecule has 4 heteroatoms. The molecule has 0 aromatic heterocycles. The number of ether oxygens (including phenoxy) is 2. The Balaban J connectivity index is 2.06. The third-order valence-electron chi connectivity index (χ3n) is 3.38. The van der Waals surface area contributed by atoms with Gasteiger partial charge in [0, 0.05) is 20.1 Å². The SMILES string of the molecule is COC1(OC)C=CC(/C=C/C(=O)c2ccccc2O)C=C1. The van der Waals surface area contributed by atoms with Crippen LogP contribution in [0.25, 0.3) is 0 Å². The first kappa shape index (κ1) is 15.2. The van der Waals surface area contributed by atoms with Gasteiger partial charge < -0.3 is 14.6 Å². The Labute approximate surface area is 124 Å². The summed E-state index contributed by atoms with van der Waals surface area (Å²) < 4.78 is 10.5. The molecule has 0 saturated heterocycles. The summed E-state index contributed by atoms with van der Waals surface area (Å²) >= 11 is 0. The van der Waals surface area contributed by atoms with Crippen molar-refractivity contribution in [3.05, 3.63) is 66.3 Å². The Kier molecular flexibility index (Phi) is 4.73. The normalized spacial score (nSPS) is 17.4. The largest absolute Gasteiger partial charge is 0.507 e. The minimum atomic E-state index is -0.827. The first-order valence-electron chi connectivity index (χ1n) is 6.60. The van der Waals surface area contributed by atoms with E-state index in [0.717, 1.165) is 0 Å². The van der Waals surface area contributed by atoms with Crippen molar-refractivity contribution in [3.8, 4) is 5.75 Å². The fourth-order valence-corrected chi connectivity index (χ4v) is 2.06. The van der Waals surface area contributed by atoms with Gasteiger partial charge in [0.25, 0.3) is 0 Å². The van der Waals surface area contributed by atoms with Crippen molar-refractivity contribution in [2.75, 3.05) is 14.2 Å². The molecule has 21 heavy (non-hydrogen) atoms. The molecule has 0 heterocycles. The number of hydrogen-bond donors (Lipinski definition) is 1. The molecule has 0 aliphatic heterocycles. The summed E-state index contributed by atoms with van der Waals surface area (Å²) in [5, 5.41) is 9.63. The molecular formula is C17H18O4. The number of aromatic hydroxyl groups is 1. The highest BCUT2D eigenvalue weighted by atomic mass is 16.7. The lowest BCUT2D eigenvalue weighted by Gasteiger charge is -2.27. The average molecular weight is 286 g/mol. The zero-order chi connectivity index (χ0) is 15.3. The van der Waals surface area contributed by atoms with Gasteiger partial charge in [-0.3, -0.25) is 4.79 Å². The van der Waals surface area contributed by atoms with Gasteiger partial charge in [-0.2, -0.15) is 0 Å². The second kappa shape index (κ2) is 6.52. The summed E-state index contributed by atoms with van der Waals surface area (Å²) in [4.78, 5) is 12.0. The molecule has 4 nitrogen and oxygen atoms in total. The van der Waals surface area contributed by atoms with Gasteiger partial charge in [0.2, 0.25) is 5.79 Å². The average Bonchev–Trinajstić information content (AvgIpc) is 2.53. The van der Waals surface area contributed by atoms with E-state index in [2.05, 4.69) is 0 Å². The van der Waals surface area contributed by atoms with E-state index >= 15 is 0 Å². The minimum absolute atomic E-state index is 0.0142. The standard InChI is InChI=1S/C17H18O4/c1-20-17(21-2)11-9-13(10-12-17)7-8-16(19)14-5-3-4-6-15(14)18/h3-13,18H,1-2H3/b8-7+. The maximum absolute atomic E-state index is 12.0. The zero-order valence-corrected chi connectivity index (χ0v) is 12.0. The van der Waals surface area contributed by atoms with Crippen molar-refractivity contribution in [1.82, 2.24) is 0 Å². The number of allylic oxidation sites excluding steroid dienone is 4. The van der Waals surface area contributed by atoms with E-state index < -0.39 is 5.79 Å². The summed E-state index contributed by atoms with van der Waals surface area (Å²) in [5.41, 5.74) is 0.292. The molecule has 0 atom stereocenters. The van der Waals surface area contributed by atoms with Gasteiger partial charge in [-0.05, 0) is 30.4 Å². The number of hydrogen-bond acceptors (Lipinski definition) is 4. The second-order valence-electron chi connectivity index (χ2n) is 4.67. The molecule has 110 valence electrons. The number of carbonyl (C=O) groups is 1. The number of phenols is 1. The summed E-state index contributed by atoms with van der Waals surface area (Å²) in [6.07, 6.45) is 10.6. The van der Waals surface area contributed by atoms with E-state index in [4.69, 9.17) is 9.47 Å². The van der Waals surface area contributed by atoms with E-state index in [1.54, 1.807) is 50.6 Å². The summed E-state index contributed by atoms with van der Waals surface area (Å²) in [5.74, 6) is -1.09. The third-order valence-corrected chi connectivity index (χ3v) is 3.38. The number of carbonyl (C=O) groups excluding carboxylic acids is 1. The van der Waals surface area contributed by atoms with Gasteiger partial charge in [-0.15, -0.1) is 0 Å². The van der Waals surface area contributed by atoms with Gasteiger partial charge in [0.1, 0.15) is 5.75 Å². The maximum atomic E-state index is 12.0. The zero-order valence-electron chi connectivity index (χ0n) is 12.0. The highest BCUT2D eigenvalue weighted by molar-refractivity contribution is 6.06. The van der Waals surface area contributed by atoms with E-state index in [1.165, 1.54) is 12.1 Å². The van der Waals surface area contributed by atoms with Crippen LogP contribution in [0.3, 0.4) is 0 Å². The van der Waals surface area contributed by atoms with Crippen molar-refractivity contribution in [3.63, 3.8) is 0 Å². The molecule has 0 unspecified atom stereocenters. The number of ketones is 1. The minimum Gasteiger partial charge on any atom is -0.507 e. The van der Waals surface area contributed by atoms with E-state index in [0.29, 0.717) is 5.56 Å². The molecule has 1 aliphatic rings. The molecule has 0 spiro atoms. The lowest BCUT2D eigenvalue weighted by molar-refractivity contribution is -0.134. The highest BCUT2D eigenvalue weighted by Gasteiger charge is 2.25. The Morgan fingerprint density at radius 2 is 1.81 bits per heavy atom. The molecule has 0 bridgehead atoms. The Morgan fingerprint density at radius 1 is 1.19 bits per heavy atom. The lowest BCUT2D eigenvalue weighted by Crippen LogP contribution is -2.30. The quantitative estimate of drug-likeness (QED) is 0.391. The van der Waals surface area contributed by atoms with Crippen molar-refractivity contribution in [1.29, 1.82) is 0 Å². The first-order valence-corrected chi connectivity index (χ1v) is 6.60. The van der Waals surface area contributed by atoms with Crippen LogP contribution in [-0.2, 0) is 9.47 Å². The molecule has 1 aromatic carbocycles. The molecular weight excluding hydrogens is 268 g/mol. The fourth-order valence-electron chi connectivity index (χ4n) is 2.06. The lowest BCUT2D eigenvalue weighted by atomic mass is 9.98. The third kappa shape index (κ3) is 3.48. The van der Waals surface area contributed by atoms with E-state index in [-0.39, 0.29) is 17.5 Å². The van der Waals surface area contributed by atoms with Gasteiger partial charge in [0.05, 0.1) is 5.56 Å². The highest BCUT2D eigenvalue weighted by Crippen LogP contribution is 2.24. The van der Waals surface area contributed by atoms with Gasteiger partial charge in [0.15, 0.2) is 5.78 Å². The van der Waals surface area contributed by atoms with Crippen LogP contribution in [0.1, 0.15) is 10.4 Å². The van der Waals surface area contributed by atoms with Crippen molar-refractivity contribution >= 4 is 5.78 Å². The Morgan fingerprint density at radius 3 is 2.38 bits per heavy atom. The monoisotopic (exact) mass is 286 g/mol.